The molecule has 0 aliphatic rings. The van der Waals surface area contributed by atoms with E-state index in [1.807, 2.05) is 32.0 Å². The molecular weight excluding hydrogens is 340 g/mol. The van der Waals surface area contributed by atoms with E-state index in [0.29, 0.717) is 17.3 Å². The summed E-state index contributed by atoms with van der Waals surface area (Å²) in [7, 11) is 0. The topological polar surface area (TPSA) is 82.5 Å². The van der Waals surface area contributed by atoms with Gasteiger partial charge in [-0.3, -0.25) is 4.40 Å². The molecule has 0 amide bonds. The van der Waals surface area contributed by atoms with E-state index in [0.717, 1.165) is 28.1 Å². The number of esters is 1. The van der Waals surface area contributed by atoms with E-state index in [4.69, 9.17) is 22.1 Å². The van der Waals surface area contributed by atoms with Crippen molar-refractivity contribution in [2.24, 2.45) is 5.73 Å². The molecule has 0 fully saturated rings. The molecule has 0 atom stereocenters. The van der Waals surface area contributed by atoms with Crippen molar-refractivity contribution < 1.29 is 9.53 Å². The van der Waals surface area contributed by atoms with Gasteiger partial charge < -0.3 is 10.5 Å². The third-order valence-corrected chi connectivity index (χ3v) is 4.30. The Morgan fingerprint density at radius 3 is 2.72 bits per heavy atom. The van der Waals surface area contributed by atoms with Crippen LogP contribution in [0.15, 0.2) is 24.4 Å². The average molecular weight is 359 g/mol. The molecule has 0 saturated carbocycles. The zero-order valence-corrected chi connectivity index (χ0v) is 15.1. The quantitative estimate of drug-likeness (QED) is 0.723. The number of hydrogen-bond donors (Lipinski definition) is 1. The molecule has 0 aliphatic carbocycles. The number of nitrogens with two attached hydrogens (primary N) is 1. The Kier molecular flexibility index (Phi) is 4.74. The van der Waals surface area contributed by atoms with Crippen molar-refractivity contribution in [3.63, 3.8) is 0 Å². The smallest absolute Gasteiger partial charge is 0.358 e. The molecule has 6 nitrogen and oxygen atoms in total. The standard InChI is InChI=1S/C18H19ClN4O2/c1-4-25-17(24)15-9-23-16(12-6-5-10(2)7-14(12)19)13(8-20)11(3)21-18(23)22-15/h5-7,9H,4,8,20H2,1-3H3. The lowest BCUT2D eigenvalue weighted by molar-refractivity contribution is 0.0520. The highest BCUT2D eigenvalue weighted by Crippen LogP contribution is 2.33. The third kappa shape index (κ3) is 3.10. The number of ether oxygens (including phenoxy) is 1. The van der Waals surface area contributed by atoms with Crippen molar-refractivity contribution in [1.82, 2.24) is 14.4 Å². The Balaban J connectivity index is 2.32. The minimum Gasteiger partial charge on any atom is -0.461 e. The third-order valence-electron chi connectivity index (χ3n) is 3.99. The van der Waals surface area contributed by atoms with Crippen molar-refractivity contribution in [3.05, 3.63) is 51.9 Å². The van der Waals surface area contributed by atoms with Gasteiger partial charge in [0.25, 0.3) is 0 Å². The van der Waals surface area contributed by atoms with Gasteiger partial charge in [-0.25, -0.2) is 14.8 Å². The van der Waals surface area contributed by atoms with Crippen LogP contribution in [0.3, 0.4) is 0 Å². The molecule has 0 saturated heterocycles. The van der Waals surface area contributed by atoms with E-state index < -0.39 is 5.97 Å². The molecule has 2 heterocycles. The van der Waals surface area contributed by atoms with Gasteiger partial charge in [0.2, 0.25) is 5.78 Å². The monoisotopic (exact) mass is 358 g/mol. The van der Waals surface area contributed by atoms with Crippen molar-refractivity contribution in [3.8, 4) is 11.3 Å². The Morgan fingerprint density at radius 2 is 2.08 bits per heavy atom. The normalized spacial score (nSPS) is 11.1. The van der Waals surface area contributed by atoms with Crippen LogP contribution in [0.5, 0.6) is 0 Å². The molecule has 3 aromatic rings. The van der Waals surface area contributed by atoms with Crippen LogP contribution in [-0.4, -0.2) is 26.9 Å². The van der Waals surface area contributed by atoms with Crippen LogP contribution in [-0.2, 0) is 11.3 Å². The van der Waals surface area contributed by atoms with E-state index in [9.17, 15) is 4.79 Å². The first kappa shape index (κ1) is 17.4. The van der Waals surface area contributed by atoms with E-state index in [2.05, 4.69) is 9.97 Å². The fourth-order valence-electron chi connectivity index (χ4n) is 2.80. The molecule has 0 aliphatic heterocycles. The number of carbonyl (C=O) groups excluding carboxylic acids is 1. The number of aryl methyl sites for hydroxylation is 2. The fourth-order valence-corrected chi connectivity index (χ4v) is 3.13. The molecule has 130 valence electrons. The van der Waals surface area contributed by atoms with Gasteiger partial charge in [-0.05, 0) is 32.4 Å². The highest BCUT2D eigenvalue weighted by Gasteiger charge is 2.20. The van der Waals surface area contributed by atoms with Crippen LogP contribution >= 0.6 is 11.6 Å². The Morgan fingerprint density at radius 1 is 1.32 bits per heavy atom. The summed E-state index contributed by atoms with van der Waals surface area (Å²) in [6.07, 6.45) is 1.62. The van der Waals surface area contributed by atoms with Crippen LogP contribution in [0.1, 0.15) is 34.2 Å². The summed E-state index contributed by atoms with van der Waals surface area (Å²) in [5.41, 5.74) is 10.4. The second kappa shape index (κ2) is 6.82. The molecule has 7 heteroatoms. The minimum absolute atomic E-state index is 0.201. The van der Waals surface area contributed by atoms with Gasteiger partial charge in [-0.2, -0.15) is 0 Å². The van der Waals surface area contributed by atoms with Crippen LogP contribution in [0.4, 0.5) is 0 Å². The largest absolute Gasteiger partial charge is 0.461 e. The summed E-state index contributed by atoms with van der Waals surface area (Å²) in [5, 5.41) is 0.605. The Labute approximate surface area is 150 Å². The summed E-state index contributed by atoms with van der Waals surface area (Å²) in [5.74, 6) is -0.0784. The summed E-state index contributed by atoms with van der Waals surface area (Å²) in [4.78, 5) is 20.8. The van der Waals surface area contributed by atoms with Crippen LogP contribution in [0, 0.1) is 13.8 Å². The highest BCUT2D eigenvalue weighted by molar-refractivity contribution is 6.33. The first-order chi connectivity index (χ1) is 12.0. The molecular formula is C18H19ClN4O2. The number of fused-ring (bicyclic) bond motifs is 1. The molecule has 0 radical (unpaired) electrons. The number of hydrogen-bond acceptors (Lipinski definition) is 5. The number of aromatic nitrogens is 3. The maximum absolute atomic E-state index is 12.0. The lowest BCUT2D eigenvalue weighted by atomic mass is 10.0. The van der Waals surface area contributed by atoms with Gasteiger partial charge in [0.1, 0.15) is 0 Å². The molecule has 0 spiro atoms. The van der Waals surface area contributed by atoms with Gasteiger partial charge in [0, 0.05) is 29.6 Å². The first-order valence-corrected chi connectivity index (χ1v) is 8.36. The van der Waals surface area contributed by atoms with E-state index in [1.165, 1.54) is 0 Å². The van der Waals surface area contributed by atoms with E-state index in [1.54, 1.807) is 17.5 Å². The van der Waals surface area contributed by atoms with Crippen molar-refractivity contribution in [1.29, 1.82) is 0 Å². The maximum atomic E-state index is 12.0. The fraction of sp³-hybridized carbons (Fsp3) is 0.278. The van der Waals surface area contributed by atoms with Gasteiger partial charge in [-0.1, -0.05) is 23.7 Å². The number of carbonyl (C=O) groups is 1. The van der Waals surface area contributed by atoms with Crippen LogP contribution in [0.25, 0.3) is 17.0 Å². The highest BCUT2D eigenvalue weighted by atomic mass is 35.5. The summed E-state index contributed by atoms with van der Waals surface area (Å²) in [6, 6.07) is 5.81. The average Bonchev–Trinajstić information content (AvgIpc) is 2.98. The second-order valence-electron chi connectivity index (χ2n) is 5.73. The summed E-state index contributed by atoms with van der Waals surface area (Å²) >= 11 is 6.48. The summed E-state index contributed by atoms with van der Waals surface area (Å²) < 4.78 is 6.78. The molecule has 25 heavy (non-hydrogen) atoms. The molecule has 2 aromatic heterocycles. The van der Waals surface area contributed by atoms with Crippen molar-refractivity contribution in [2.75, 3.05) is 6.61 Å². The lowest BCUT2D eigenvalue weighted by Crippen LogP contribution is -2.09. The van der Waals surface area contributed by atoms with Gasteiger partial charge in [-0.15, -0.1) is 0 Å². The predicted molar refractivity (Wildman–Crippen MR) is 96.8 cm³/mol. The molecule has 2 N–H and O–H groups in total. The van der Waals surface area contributed by atoms with E-state index >= 15 is 0 Å². The maximum Gasteiger partial charge on any atom is 0.358 e. The molecule has 0 bridgehead atoms. The number of benzene rings is 1. The van der Waals surface area contributed by atoms with Crippen LogP contribution < -0.4 is 5.73 Å². The predicted octanol–water partition coefficient (Wildman–Crippen LogP) is 3.30. The first-order valence-electron chi connectivity index (χ1n) is 7.98. The zero-order valence-electron chi connectivity index (χ0n) is 14.3. The minimum atomic E-state index is -0.485. The Bertz CT molecular complexity index is 965. The van der Waals surface area contributed by atoms with E-state index in [-0.39, 0.29) is 12.3 Å². The van der Waals surface area contributed by atoms with Crippen LogP contribution in [0.2, 0.25) is 5.02 Å². The van der Waals surface area contributed by atoms with Gasteiger partial charge in [0.05, 0.1) is 17.3 Å². The summed E-state index contributed by atoms with van der Waals surface area (Å²) in [6.45, 7) is 6.17. The van der Waals surface area contributed by atoms with Gasteiger partial charge in [0.15, 0.2) is 5.69 Å². The van der Waals surface area contributed by atoms with Crippen molar-refractivity contribution in [2.45, 2.75) is 27.3 Å². The number of nitrogens with zero attached hydrogens (tertiary/aromatic N) is 3. The zero-order chi connectivity index (χ0) is 18.1. The number of halogens is 1. The molecule has 1 aromatic carbocycles. The molecule has 3 rings (SSSR count). The SMILES string of the molecule is CCOC(=O)c1cn2c(-c3ccc(C)cc3Cl)c(CN)c(C)nc2n1. The number of imidazole rings is 1. The number of rotatable bonds is 4. The van der Waals surface area contributed by atoms with Crippen molar-refractivity contribution >= 4 is 23.3 Å². The molecule has 0 unspecified atom stereocenters. The van der Waals surface area contributed by atoms with Gasteiger partial charge >= 0.3 is 5.97 Å². The Hall–Kier alpha value is -2.44. The lowest BCUT2D eigenvalue weighted by Gasteiger charge is -2.14. The second-order valence-corrected chi connectivity index (χ2v) is 6.14.